The average Bonchev–Trinajstić information content (AvgIpc) is 2.40. The van der Waals surface area contributed by atoms with Crippen LogP contribution in [0, 0.1) is 11.8 Å². The van der Waals surface area contributed by atoms with Crippen molar-refractivity contribution in [3.05, 3.63) is 33.3 Å². The first-order chi connectivity index (χ1) is 9.11. The van der Waals surface area contributed by atoms with Gasteiger partial charge >= 0.3 is 0 Å². The summed E-state index contributed by atoms with van der Waals surface area (Å²) in [5, 5.41) is 4.53. The van der Waals surface area contributed by atoms with Gasteiger partial charge in [-0.1, -0.05) is 54.2 Å². The molecule has 106 valence electrons. The zero-order chi connectivity index (χ0) is 13.8. The maximum atomic E-state index is 6.41. The Morgan fingerprint density at radius 2 is 2.00 bits per heavy atom. The Balaban J connectivity index is 2.21. The van der Waals surface area contributed by atoms with E-state index in [0.717, 1.165) is 22.0 Å². The zero-order valence-electron chi connectivity index (χ0n) is 11.8. The summed E-state index contributed by atoms with van der Waals surface area (Å²) in [5.41, 5.74) is 1.25. The molecule has 1 aliphatic rings. The highest BCUT2D eigenvalue weighted by molar-refractivity contribution is 9.10. The molecule has 0 heterocycles. The lowest BCUT2D eigenvalue weighted by Gasteiger charge is -2.34. The summed E-state index contributed by atoms with van der Waals surface area (Å²) >= 11 is 9.98. The fourth-order valence-corrected chi connectivity index (χ4v) is 3.74. The van der Waals surface area contributed by atoms with E-state index in [1.54, 1.807) is 0 Å². The maximum absolute atomic E-state index is 6.41. The topological polar surface area (TPSA) is 12.0 Å². The number of benzene rings is 1. The summed E-state index contributed by atoms with van der Waals surface area (Å²) in [6, 6.07) is 6.57. The quantitative estimate of drug-likeness (QED) is 0.752. The smallest absolute Gasteiger partial charge is 0.0454 e. The van der Waals surface area contributed by atoms with Crippen molar-refractivity contribution in [2.45, 2.75) is 45.6 Å². The Bertz CT molecular complexity index is 413. The van der Waals surface area contributed by atoms with Crippen LogP contribution in [0.3, 0.4) is 0 Å². The molecule has 0 bridgehead atoms. The molecule has 0 amide bonds. The predicted octanol–water partition coefficient (Wildman–Crippen LogP) is 5.58. The monoisotopic (exact) mass is 343 g/mol. The number of halogens is 2. The van der Waals surface area contributed by atoms with Crippen LogP contribution < -0.4 is 5.32 Å². The van der Waals surface area contributed by atoms with Gasteiger partial charge in [0.05, 0.1) is 0 Å². The molecular formula is C16H23BrClN. The standard InChI is InChI=1S/C16H23BrClN/c1-3-19-16(12-6-4-11(2)5-7-12)14-10-13(17)8-9-15(14)18/h8-12,16,19H,3-7H2,1-2H3. The molecule has 0 aromatic heterocycles. The second-order valence-corrected chi connectivity index (χ2v) is 7.04. The molecular weight excluding hydrogens is 322 g/mol. The lowest BCUT2D eigenvalue weighted by molar-refractivity contribution is 0.233. The summed E-state index contributed by atoms with van der Waals surface area (Å²) in [5.74, 6) is 1.60. The number of hydrogen-bond donors (Lipinski definition) is 1. The normalized spacial score (nSPS) is 25.3. The van der Waals surface area contributed by atoms with Crippen molar-refractivity contribution < 1.29 is 0 Å². The van der Waals surface area contributed by atoms with Gasteiger partial charge in [0, 0.05) is 15.5 Å². The third-order valence-corrected chi connectivity index (χ3v) is 5.09. The first kappa shape index (κ1) is 15.3. The molecule has 1 aliphatic carbocycles. The molecule has 1 fully saturated rings. The van der Waals surface area contributed by atoms with E-state index >= 15 is 0 Å². The number of nitrogens with one attached hydrogen (secondary N) is 1. The van der Waals surface area contributed by atoms with Crippen LogP contribution in [0.25, 0.3) is 0 Å². The third-order valence-electron chi connectivity index (χ3n) is 4.25. The van der Waals surface area contributed by atoms with Crippen molar-refractivity contribution in [1.82, 2.24) is 5.32 Å². The summed E-state index contributed by atoms with van der Waals surface area (Å²) in [6.45, 7) is 5.52. The molecule has 1 N–H and O–H groups in total. The molecule has 0 saturated heterocycles. The van der Waals surface area contributed by atoms with Crippen LogP contribution in [0.2, 0.25) is 5.02 Å². The molecule has 1 nitrogen and oxygen atoms in total. The van der Waals surface area contributed by atoms with Crippen LogP contribution in [0.5, 0.6) is 0 Å². The van der Waals surface area contributed by atoms with Gasteiger partial charge in [0.1, 0.15) is 0 Å². The van der Waals surface area contributed by atoms with Gasteiger partial charge in [-0.05, 0) is 55.0 Å². The lowest BCUT2D eigenvalue weighted by Crippen LogP contribution is -2.31. The summed E-state index contributed by atoms with van der Waals surface area (Å²) in [6.07, 6.45) is 5.31. The van der Waals surface area contributed by atoms with Gasteiger partial charge in [-0.3, -0.25) is 0 Å². The number of rotatable bonds is 4. The van der Waals surface area contributed by atoms with Gasteiger partial charge in [0.25, 0.3) is 0 Å². The molecule has 1 aromatic carbocycles. The molecule has 3 heteroatoms. The van der Waals surface area contributed by atoms with Crippen molar-refractivity contribution in [3.8, 4) is 0 Å². The molecule has 1 aromatic rings. The lowest BCUT2D eigenvalue weighted by atomic mass is 9.77. The summed E-state index contributed by atoms with van der Waals surface area (Å²) in [4.78, 5) is 0. The minimum atomic E-state index is 0.391. The fourth-order valence-electron chi connectivity index (χ4n) is 3.12. The molecule has 1 unspecified atom stereocenters. The van der Waals surface area contributed by atoms with Crippen molar-refractivity contribution in [2.75, 3.05) is 6.54 Å². The molecule has 19 heavy (non-hydrogen) atoms. The van der Waals surface area contributed by atoms with Gasteiger partial charge in [0.15, 0.2) is 0 Å². The first-order valence-corrected chi connectivity index (χ1v) is 8.47. The second kappa shape index (κ2) is 7.10. The first-order valence-electron chi connectivity index (χ1n) is 7.30. The highest BCUT2D eigenvalue weighted by Crippen LogP contribution is 2.39. The predicted molar refractivity (Wildman–Crippen MR) is 86.7 cm³/mol. The Morgan fingerprint density at radius 1 is 1.32 bits per heavy atom. The Hall–Kier alpha value is -0.0500. The third kappa shape index (κ3) is 3.96. The van der Waals surface area contributed by atoms with E-state index < -0.39 is 0 Å². The SMILES string of the molecule is CCNC(c1cc(Br)ccc1Cl)C1CCC(C)CC1. The van der Waals surface area contributed by atoms with Crippen LogP contribution in [-0.2, 0) is 0 Å². The van der Waals surface area contributed by atoms with Gasteiger partial charge < -0.3 is 5.32 Å². The molecule has 0 radical (unpaired) electrons. The van der Waals surface area contributed by atoms with Crippen molar-refractivity contribution in [1.29, 1.82) is 0 Å². The van der Waals surface area contributed by atoms with Gasteiger partial charge in [0.2, 0.25) is 0 Å². The Kier molecular flexibility index (Phi) is 5.73. The van der Waals surface area contributed by atoms with Gasteiger partial charge in [-0.15, -0.1) is 0 Å². The van der Waals surface area contributed by atoms with Gasteiger partial charge in [-0.2, -0.15) is 0 Å². The van der Waals surface area contributed by atoms with Crippen molar-refractivity contribution in [3.63, 3.8) is 0 Å². The van der Waals surface area contributed by atoms with Gasteiger partial charge in [-0.25, -0.2) is 0 Å². The number of hydrogen-bond acceptors (Lipinski definition) is 1. The van der Waals surface area contributed by atoms with Crippen LogP contribution in [0.4, 0.5) is 0 Å². The fraction of sp³-hybridized carbons (Fsp3) is 0.625. The zero-order valence-corrected chi connectivity index (χ0v) is 14.1. The van der Waals surface area contributed by atoms with Crippen molar-refractivity contribution >= 4 is 27.5 Å². The van der Waals surface area contributed by atoms with E-state index in [1.807, 2.05) is 12.1 Å². The molecule has 0 spiro atoms. The van der Waals surface area contributed by atoms with E-state index in [9.17, 15) is 0 Å². The maximum Gasteiger partial charge on any atom is 0.0454 e. The van der Waals surface area contributed by atoms with Crippen LogP contribution in [0.1, 0.15) is 51.1 Å². The Labute approximate surface area is 130 Å². The molecule has 2 rings (SSSR count). The van der Waals surface area contributed by atoms with Crippen LogP contribution in [0.15, 0.2) is 22.7 Å². The second-order valence-electron chi connectivity index (χ2n) is 5.72. The average molecular weight is 345 g/mol. The summed E-state index contributed by atoms with van der Waals surface area (Å²) < 4.78 is 1.11. The van der Waals surface area contributed by atoms with Crippen LogP contribution in [-0.4, -0.2) is 6.54 Å². The van der Waals surface area contributed by atoms with E-state index in [0.29, 0.717) is 12.0 Å². The highest BCUT2D eigenvalue weighted by atomic mass is 79.9. The van der Waals surface area contributed by atoms with E-state index in [2.05, 4.69) is 41.2 Å². The van der Waals surface area contributed by atoms with E-state index in [-0.39, 0.29) is 0 Å². The minimum absolute atomic E-state index is 0.391. The van der Waals surface area contributed by atoms with Crippen molar-refractivity contribution in [2.24, 2.45) is 11.8 Å². The largest absolute Gasteiger partial charge is 0.310 e. The van der Waals surface area contributed by atoms with E-state index in [1.165, 1.54) is 31.2 Å². The molecule has 1 saturated carbocycles. The summed E-state index contributed by atoms with van der Waals surface area (Å²) in [7, 11) is 0. The Morgan fingerprint density at radius 3 is 2.63 bits per heavy atom. The minimum Gasteiger partial charge on any atom is -0.310 e. The highest BCUT2D eigenvalue weighted by Gasteiger charge is 2.28. The van der Waals surface area contributed by atoms with Crippen LogP contribution >= 0.6 is 27.5 Å². The molecule has 1 atom stereocenters. The van der Waals surface area contributed by atoms with E-state index in [4.69, 9.17) is 11.6 Å². The molecule has 0 aliphatic heterocycles.